The fourth-order valence-electron chi connectivity index (χ4n) is 2.75. The third-order valence-electron chi connectivity index (χ3n) is 3.93. The van der Waals surface area contributed by atoms with Crippen molar-refractivity contribution in [2.24, 2.45) is 17.6 Å². The number of rotatable bonds is 6. The highest BCUT2D eigenvalue weighted by atomic mass is 19.3. The van der Waals surface area contributed by atoms with Gasteiger partial charge in [-0.15, -0.1) is 0 Å². The van der Waals surface area contributed by atoms with Crippen molar-refractivity contribution in [3.05, 3.63) is 35.9 Å². The Morgan fingerprint density at radius 2 is 1.84 bits per heavy atom. The molecule has 0 aromatic heterocycles. The van der Waals surface area contributed by atoms with Crippen molar-refractivity contribution in [3.8, 4) is 0 Å². The van der Waals surface area contributed by atoms with Crippen molar-refractivity contribution >= 4 is 0 Å². The molecular formula is C15H21F2NO. The second-order valence-corrected chi connectivity index (χ2v) is 5.27. The van der Waals surface area contributed by atoms with Crippen molar-refractivity contribution in [1.82, 2.24) is 0 Å². The van der Waals surface area contributed by atoms with Crippen LogP contribution in [0.25, 0.3) is 0 Å². The molecule has 1 saturated carbocycles. The Bertz CT molecular complexity index is 383. The van der Waals surface area contributed by atoms with E-state index in [-0.39, 0.29) is 5.56 Å². The van der Waals surface area contributed by atoms with Gasteiger partial charge in [-0.05, 0) is 31.2 Å². The van der Waals surface area contributed by atoms with E-state index in [1.54, 1.807) is 18.2 Å². The van der Waals surface area contributed by atoms with Gasteiger partial charge in [0.15, 0.2) is 0 Å². The molecule has 0 spiro atoms. The van der Waals surface area contributed by atoms with Gasteiger partial charge in [0.1, 0.15) is 6.61 Å². The number of benzene rings is 1. The minimum absolute atomic E-state index is 0.0109. The van der Waals surface area contributed by atoms with Crippen LogP contribution in [0, 0.1) is 11.8 Å². The Kier molecular flexibility index (Phi) is 4.88. The van der Waals surface area contributed by atoms with E-state index in [9.17, 15) is 8.78 Å². The van der Waals surface area contributed by atoms with E-state index < -0.39 is 12.5 Å². The standard InChI is InChI=1S/C15H21F2NO/c16-15(17,14-7-2-1-3-8-14)11-19-10-13-6-4-5-12(13)9-18/h1-3,7-8,12-13H,4-6,9-11,18H2. The molecule has 19 heavy (non-hydrogen) atoms. The van der Waals surface area contributed by atoms with Crippen LogP contribution in [0.5, 0.6) is 0 Å². The van der Waals surface area contributed by atoms with E-state index in [0.717, 1.165) is 19.3 Å². The lowest BCUT2D eigenvalue weighted by atomic mass is 9.97. The Labute approximate surface area is 112 Å². The molecule has 0 bridgehead atoms. The van der Waals surface area contributed by atoms with Gasteiger partial charge in [-0.3, -0.25) is 0 Å². The van der Waals surface area contributed by atoms with E-state index in [1.807, 2.05) is 0 Å². The van der Waals surface area contributed by atoms with Crippen LogP contribution >= 0.6 is 0 Å². The first-order chi connectivity index (χ1) is 9.13. The van der Waals surface area contributed by atoms with Crippen LogP contribution in [0.3, 0.4) is 0 Å². The first-order valence-electron chi connectivity index (χ1n) is 6.84. The number of nitrogens with two attached hydrogens (primary N) is 1. The second kappa shape index (κ2) is 6.44. The van der Waals surface area contributed by atoms with Crippen molar-refractivity contribution in [2.45, 2.75) is 25.2 Å². The first kappa shape index (κ1) is 14.4. The summed E-state index contributed by atoms with van der Waals surface area (Å²) < 4.78 is 33.0. The average molecular weight is 269 g/mol. The van der Waals surface area contributed by atoms with Crippen LogP contribution in [0.2, 0.25) is 0 Å². The zero-order valence-corrected chi connectivity index (χ0v) is 11.0. The number of hydrogen-bond acceptors (Lipinski definition) is 2. The lowest BCUT2D eigenvalue weighted by molar-refractivity contribution is -0.0903. The van der Waals surface area contributed by atoms with Gasteiger partial charge >= 0.3 is 0 Å². The van der Waals surface area contributed by atoms with Crippen LogP contribution < -0.4 is 5.73 Å². The van der Waals surface area contributed by atoms with Crippen molar-refractivity contribution in [1.29, 1.82) is 0 Å². The fraction of sp³-hybridized carbons (Fsp3) is 0.600. The summed E-state index contributed by atoms with van der Waals surface area (Å²) in [4.78, 5) is 0. The summed E-state index contributed by atoms with van der Waals surface area (Å²) in [6.07, 6.45) is 3.27. The number of hydrogen-bond donors (Lipinski definition) is 1. The zero-order chi connectivity index (χ0) is 13.7. The molecule has 1 aromatic rings. The smallest absolute Gasteiger partial charge is 0.296 e. The summed E-state index contributed by atoms with van der Waals surface area (Å²) in [6.45, 7) is 0.470. The molecule has 2 N–H and O–H groups in total. The summed E-state index contributed by atoms with van der Waals surface area (Å²) in [7, 11) is 0. The normalized spacial score (nSPS) is 23.7. The zero-order valence-electron chi connectivity index (χ0n) is 11.0. The van der Waals surface area contributed by atoms with Gasteiger partial charge in [0.05, 0.1) is 6.61 Å². The van der Waals surface area contributed by atoms with Crippen LogP contribution in [-0.4, -0.2) is 19.8 Å². The van der Waals surface area contributed by atoms with Crippen LogP contribution in [0.4, 0.5) is 8.78 Å². The van der Waals surface area contributed by atoms with E-state index in [1.165, 1.54) is 12.1 Å². The fourth-order valence-corrected chi connectivity index (χ4v) is 2.75. The van der Waals surface area contributed by atoms with Crippen molar-refractivity contribution in [2.75, 3.05) is 19.8 Å². The molecule has 0 amide bonds. The molecule has 2 nitrogen and oxygen atoms in total. The maximum absolute atomic E-state index is 13.9. The van der Waals surface area contributed by atoms with Gasteiger partial charge in [0, 0.05) is 5.56 Å². The molecule has 1 aliphatic carbocycles. The highest BCUT2D eigenvalue weighted by Gasteiger charge is 2.33. The predicted molar refractivity (Wildman–Crippen MR) is 71.0 cm³/mol. The summed E-state index contributed by atoms with van der Waals surface area (Å²) in [6, 6.07) is 7.82. The topological polar surface area (TPSA) is 35.2 Å². The molecule has 2 unspecified atom stereocenters. The third kappa shape index (κ3) is 3.74. The lowest BCUT2D eigenvalue weighted by Crippen LogP contribution is -2.26. The highest BCUT2D eigenvalue weighted by molar-refractivity contribution is 5.19. The SMILES string of the molecule is NCC1CCCC1COCC(F)(F)c1ccccc1. The van der Waals surface area contributed by atoms with Crippen molar-refractivity contribution in [3.63, 3.8) is 0 Å². The summed E-state index contributed by atoms with van der Waals surface area (Å²) >= 11 is 0. The average Bonchev–Trinajstić information content (AvgIpc) is 2.87. The molecule has 0 radical (unpaired) electrons. The molecule has 2 atom stereocenters. The van der Waals surface area contributed by atoms with Gasteiger partial charge < -0.3 is 10.5 Å². The van der Waals surface area contributed by atoms with E-state index in [0.29, 0.717) is 25.0 Å². The Morgan fingerprint density at radius 1 is 1.16 bits per heavy atom. The molecule has 1 aromatic carbocycles. The molecule has 0 saturated heterocycles. The maximum Gasteiger partial charge on any atom is 0.296 e. The van der Waals surface area contributed by atoms with Crippen molar-refractivity contribution < 1.29 is 13.5 Å². The largest absolute Gasteiger partial charge is 0.375 e. The Balaban J connectivity index is 1.82. The lowest BCUT2D eigenvalue weighted by Gasteiger charge is -2.21. The van der Waals surface area contributed by atoms with Gasteiger partial charge in [-0.2, -0.15) is 8.78 Å². The summed E-state index contributed by atoms with van der Waals surface area (Å²) in [5, 5.41) is 0. The molecule has 0 heterocycles. The monoisotopic (exact) mass is 269 g/mol. The molecule has 1 aliphatic rings. The molecular weight excluding hydrogens is 248 g/mol. The third-order valence-corrected chi connectivity index (χ3v) is 3.93. The minimum Gasteiger partial charge on any atom is -0.375 e. The Morgan fingerprint density at radius 3 is 2.53 bits per heavy atom. The van der Waals surface area contributed by atoms with Gasteiger partial charge in [0.2, 0.25) is 0 Å². The first-order valence-corrected chi connectivity index (χ1v) is 6.84. The summed E-state index contributed by atoms with van der Waals surface area (Å²) in [5.41, 5.74) is 5.68. The second-order valence-electron chi connectivity index (χ2n) is 5.27. The number of ether oxygens (including phenoxy) is 1. The Hall–Kier alpha value is -1.00. The summed E-state index contributed by atoms with van der Waals surface area (Å²) in [5.74, 6) is -2.14. The molecule has 0 aliphatic heterocycles. The van der Waals surface area contributed by atoms with Crippen LogP contribution in [0.15, 0.2) is 30.3 Å². The maximum atomic E-state index is 13.9. The molecule has 2 rings (SSSR count). The molecule has 4 heteroatoms. The number of halogens is 2. The quantitative estimate of drug-likeness (QED) is 0.861. The van der Waals surface area contributed by atoms with E-state index >= 15 is 0 Å². The van der Waals surface area contributed by atoms with E-state index in [4.69, 9.17) is 10.5 Å². The minimum atomic E-state index is -2.92. The molecule has 1 fully saturated rings. The van der Waals surface area contributed by atoms with Crippen LogP contribution in [-0.2, 0) is 10.7 Å². The predicted octanol–water partition coefficient (Wildman–Crippen LogP) is 3.17. The van der Waals surface area contributed by atoms with Gasteiger partial charge in [-0.25, -0.2) is 0 Å². The van der Waals surface area contributed by atoms with Gasteiger partial charge in [0.25, 0.3) is 5.92 Å². The number of alkyl halides is 2. The molecule has 106 valence electrons. The van der Waals surface area contributed by atoms with Gasteiger partial charge in [-0.1, -0.05) is 36.8 Å². The van der Waals surface area contributed by atoms with E-state index in [2.05, 4.69) is 0 Å². The van der Waals surface area contributed by atoms with Crippen LogP contribution in [0.1, 0.15) is 24.8 Å². The highest BCUT2D eigenvalue weighted by Crippen LogP contribution is 2.32.